The molecule has 3 nitrogen and oxygen atoms in total. The Balaban J connectivity index is 2.12. The fraction of sp³-hybridized carbons (Fsp3) is 0.211. The number of hydrogen-bond acceptors (Lipinski definition) is 4. The zero-order chi connectivity index (χ0) is 18.0. The van der Waals surface area contributed by atoms with Gasteiger partial charge in [0.15, 0.2) is 0 Å². The van der Waals surface area contributed by atoms with Crippen molar-refractivity contribution >= 4 is 34.5 Å². The van der Waals surface area contributed by atoms with E-state index in [4.69, 9.17) is 38.7 Å². The molecule has 0 radical (unpaired) electrons. The molecule has 0 aliphatic rings. The van der Waals surface area contributed by atoms with Gasteiger partial charge >= 0.3 is 0 Å². The summed E-state index contributed by atoms with van der Waals surface area (Å²) in [4.78, 5) is 5.91. The molecule has 1 heterocycles. The molecule has 3 aromatic rings. The van der Waals surface area contributed by atoms with Crippen LogP contribution in [-0.4, -0.2) is 11.6 Å². The molecule has 0 spiro atoms. The Bertz CT molecular complexity index is 908. The molecule has 2 N–H and O–H groups in total. The van der Waals surface area contributed by atoms with Crippen molar-refractivity contribution in [3.63, 3.8) is 0 Å². The second-order valence-electron chi connectivity index (χ2n) is 5.53. The van der Waals surface area contributed by atoms with Gasteiger partial charge in [-0.15, -0.1) is 11.3 Å². The summed E-state index contributed by atoms with van der Waals surface area (Å²) in [6.45, 7) is 4.98. The lowest BCUT2D eigenvalue weighted by Gasteiger charge is -2.12. The van der Waals surface area contributed by atoms with Crippen LogP contribution in [0.15, 0.2) is 36.4 Å². The van der Waals surface area contributed by atoms with Crippen molar-refractivity contribution in [1.82, 2.24) is 4.98 Å². The molecular formula is C19H18Cl2N2OS. The second-order valence-corrected chi connectivity index (χ2v) is 7.57. The van der Waals surface area contributed by atoms with Crippen molar-refractivity contribution in [2.45, 2.75) is 20.4 Å². The SMILES string of the molecule is CCOc1c(Cl)cc(Cl)cc1-c1nc(-c2cccc(CN)c2)sc1C. The number of benzene rings is 2. The standard InChI is InChI=1S/C19H18Cl2N2OS/c1-3-24-18-15(8-14(20)9-16(18)21)17-11(2)25-19(23-17)13-6-4-5-12(7-13)10-22/h4-9H,3,10,22H2,1-2H3. The summed E-state index contributed by atoms with van der Waals surface area (Å²) < 4.78 is 5.74. The highest BCUT2D eigenvalue weighted by Crippen LogP contribution is 2.42. The summed E-state index contributed by atoms with van der Waals surface area (Å²) in [5.74, 6) is 0.615. The fourth-order valence-corrected chi connectivity index (χ4v) is 4.10. The Morgan fingerprint density at radius 3 is 2.72 bits per heavy atom. The minimum atomic E-state index is 0.489. The van der Waals surface area contributed by atoms with Gasteiger partial charge in [-0.2, -0.15) is 0 Å². The molecule has 0 amide bonds. The zero-order valence-corrected chi connectivity index (χ0v) is 16.3. The normalized spacial score (nSPS) is 10.9. The molecule has 0 fully saturated rings. The van der Waals surface area contributed by atoms with Crippen molar-refractivity contribution in [1.29, 1.82) is 0 Å². The lowest BCUT2D eigenvalue weighted by atomic mass is 10.1. The molecule has 2 aromatic carbocycles. The third-order valence-electron chi connectivity index (χ3n) is 3.76. The number of nitrogens with two attached hydrogens (primary N) is 1. The summed E-state index contributed by atoms with van der Waals surface area (Å²) in [5, 5.41) is 1.98. The van der Waals surface area contributed by atoms with E-state index in [2.05, 4.69) is 6.07 Å². The van der Waals surface area contributed by atoms with Crippen molar-refractivity contribution in [3.8, 4) is 27.6 Å². The number of rotatable bonds is 5. The Labute approximate surface area is 161 Å². The third-order valence-corrected chi connectivity index (χ3v) is 5.28. The van der Waals surface area contributed by atoms with Crippen molar-refractivity contribution in [2.75, 3.05) is 6.61 Å². The van der Waals surface area contributed by atoms with Gasteiger partial charge in [-0.05, 0) is 37.6 Å². The average molecular weight is 393 g/mol. The highest BCUT2D eigenvalue weighted by Gasteiger charge is 2.18. The van der Waals surface area contributed by atoms with E-state index in [1.54, 1.807) is 17.4 Å². The zero-order valence-electron chi connectivity index (χ0n) is 14.0. The molecule has 0 saturated carbocycles. The van der Waals surface area contributed by atoms with Crippen LogP contribution in [-0.2, 0) is 6.54 Å². The molecule has 0 aliphatic carbocycles. The Kier molecular flexibility index (Phi) is 5.64. The molecule has 25 heavy (non-hydrogen) atoms. The van der Waals surface area contributed by atoms with Gasteiger partial charge in [0, 0.05) is 27.6 Å². The number of nitrogens with zero attached hydrogens (tertiary/aromatic N) is 1. The topological polar surface area (TPSA) is 48.1 Å². The van der Waals surface area contributed by atoms with Crippen LogP contribution in [0.5, 0.6) is 5.75 Å². The van der Waals surface area contributed by atoms with Gasteiger partial charge < -0.3 is 10.5 Å². The lowest BCUT2D eigenvalue weighted by Crippen LogP contribution is -1.96. The van der Waals surface area contributed by atoms with E-state index >= 15 is 0 Å². The maximum absolute atomic E-state index is 6.33. The van der Waals surface area contributed by atoms with Gasteiger partial charge in [-0.1, -0.05) is 41.4 Å². The largest absolute Gasteiger partial charge is 0.492 e. The summed E-state index contributed by atoms with van der Waals surface area (Å²) in [5.41, 5.74) is 9.53. The van der Waals surface area contributed by atoms with Crippen molar-refractivity contribution < 1.29 is 4.74 Å². The van der Waals surface area contributed by atoms with Crippen LogP contribution in [0, 0.1) is 6.92 Å². The number of halogens is 2. The molecule has 0 bridgehead atoms. The van der Waals surface area contributed by atoms with Crippen molar-refractivity contribution in [2.24, 2.45) is 5.73 Å². The maximum atomic E-state index is 6.33. The molecule has 0 saturated heterocycles. The Hall–Kier alpha value is -1.59. The Morgan fingerprint density at radius 1 is 1.20 bits per heavy atom. The molecule has 0 atom stereocenters. The van der Waals surface area contributed by atoms with Crippen LogP contribution in [0.4, 0.5) is 0 Å². The van der Waals surface area contributed by atoms with Gasteiger partial charge in [0.05, 0.1) is 17.3 Å². The van der Waals surface area contributed by atoms with E-state index in [0.29, 0.717) is 28.9 Å². The van der Waals surface area contributed by atoms with E-state index in [9.17, 15) is 0 Å². The molecule has 3 rings (SSSR count). The second kappa shape index (κ2) is 7.75. The highest BCUT2D eigenvalue weighted by molar-refractivity contribution is 7.15. The molecule has 0 aliphatic heterocycles. The number of hydrogen-bond donors (Lipinski definition) is 1. The molecule has 6 heteroatoms. The average Bonchev–Trinajstić information content (AvgIpc) is 2.99. The summed E-state index contributed by atoms with van der Waals surface area (Å²) in [6.07, 6.45) is 0. The van der Waals surface area contributed by atoms with E-state index in [-0.39, 0.29) is 0 Å². The summed E-state index contributed by atoms with van der Waals surface area (Å²) in [7, 11) is 0. The molecule has 1 aromatic heterocycles. The third kappa shape index (κ3) is 3.82. The predicted molar refractivity (Wildman–Crippen MR) is 107 cm³/mol. The van der Waals surface area contributed by atoms with E-state index in [1.807, 2.05) is 38.1 Å². The minimum absolute atomic E-state index is 0.489. The smallest absolute Gasteiger partial charge is 0.147 e. The quantitative estimate of drug-likeness (QED) is 0.583. The van der Waals surface area contributed by atoms with Crippen LogP contribution in [0.25, 0.3) is 21.8 Å². The first-order chi connectivity index (χ1) is 12.0. The first-order valence-corrected chi connectivity index (χ1v) is 9.49. The Morgan fingerprint density at radius 2 is 2.00 bits per heavy atom. The molecular weight excluding hydrogens is 375 g/mol. The number of ether oxygens (including phenoxy) is 1. The molecule has 130 valence electrons. The van der Waals surface area contributed by atoms with E-state index in [0.717, 1.165) is 32.3 Å². The van der Waals surface area contributed by atoms with Gasteiger partial charge in [0.25, 0.3) is 0 Å². The first-order valence-electron chi connectivity index (χ1n) is 7.92. The number of aromatic nitrogens is 1. The number of aryl methyl sites for hydroxylation is 1. The minimum Gasteiger partial charge on any atom is -0.492 e. The lowest BCUT2D eigenvalue weighted by molar-refractivity contribution is 0.342. The van der Waals surface area contributed by atoms with Gasteiger partial charge in [-0.25, -0.2) is 4.98 Å². The van der Waals surface area contributed by atoms with Crippen molar-refractivity contribution in [3.05, 3.63) is 56.9 Å². The monoisotopic (exact) mass is 392 g/mol. The fourth-order valence-electron chi connectivity index (χ4n) is 2.63. The summed E-state index contributed by atoms with van der Waals surface area (Å²) >= 11 is 14.2. The van der Waals surface area contributed by atoms with Gasteiger partial charge in [-0.3, -0.25) is 0 Å². The van der Waals surface area contributed by atoms with Crippen LogP contribution in [0.1, 0.15) is 17.4 Å². The first kappa shape index (κ1) is 18.2. The van der Waals surface area contributed by atoms with E-state index < -0.39 is 0 Å². The number of thiazole rings is 1. The van der Waals surface area contributed by atoms with Crippen LogP contribution in [0.2, 0.25) is 10.0 Å². The van der Waals surface area contributed by atoms with Gasteiger partial charge in [0.1, 0.15) is 10.8 Å². The van der Waals surface area contributed by atoms with Gasteiger partial charge in [0.2, 0.25) is 0 Å². The molecule has 0 unspecified atom stereocenters. The van der Waals surface area contributed by atoms with Crippen LogP contribution >= 0.6 is 34.5 Å². The van der Waals surface area contributed by atoms with Crippen LogP contribution < -0.4 is 10.5 Å². The van der Waals surface area contributed by atoms with E-state index in [1.165, 1.54) is 0 Å². The maximum Gasteiger partial charge on any atom is 0.147 e. The predicted octanol–water partition coefficient (Wildman–Crippen LogP) is 5.95. The summed E-state index contributed by atoms with van der Waals surface area (Å²) in [6, 6.07) is 11.6. The highest BCUT2D eigenvalue weighted by atomic mass is 35.5. The van der Waals surface area contributed by atoms with Crippen LogP contribution in [0.3, 0.4) is 0 Å².